The molecule has 0 radical (unpaired) electrons. The summed E-state index contributed by atoms with van der Waals surface area (Å²) in [5.74, 6) is -0.346. The van der Waals surface area contributed by atoms with Crippen molar-refractivity contribution < 1.29 is 9.90 Å². The Morgan fingerprint density at radius 2 is 2.22 bits per heavy atom. The van der Waals surface area contributed by atoms with E-state index in [0.717, 1.165) is 13.1 Å². The minimum atomic E-state index is -1.02. The van der Waals surface area contributed by atoms with Crippen LogP contribution in [0.2, 0.25) is 0 Å². The Bertz CT molecular complexity index is 425. The molecular formula is C12H20N4O2. The molecule has 1 N–H and O–H groups in total. The average molecular weight is 252 g/mol. The lowest BCUT2D eigenvalue weighted by Gasteiger charge is -2.44. The number of hydrogen-bond acceptors (Lipinski definition) is 4. The average Bonchev–Trinajstić information content (AvgIpc) is 2.75. The number of nitrogens with zero attached hydrogens (tertiary/aromatic N) is 4. The molecule has 2 rings (SSSR count). The van der Waals surface area contributed by atoms with Gasteiger partial charge in [0.05, 0.1) is 12.2 Å². The third-order valence-electron chi connectivity index (χ3n) is 4.04. The number of likely N-dealkylation sites (tertiary alicyclic amines) is 1. The van der Waals surface area contributed by atoms with Gasteiger partial charge < -0.3 is 5.11 Å². The molecule has 1 fully saturated rings. The monoisotopic (exact) mass is 252 g/mol. The third kappa shape index (κ3) is 2.38. The van der Waals surface area contributed by atoms with Crippen molar-refractivity contribution in [1.29, 1.82) is 0 Å². The van der Waals surface area contributed by atoms with E-state index >= 15 is 0 Å². The quantitative estimate of drug-likeness (QED) is 0.854. The Balaban J connectivity index is 1.90. The summed E-state index contributed by atoms with van der Waals surface area (Å²) < 4.78 is 1.67. The fourth-order valence-corrected chi connectivity index (χ4v) is 2.24. The molecule has 0 spiro atoms. The van der Waals surface area contributed by atoms with Crippen molar-refractivity contribution in [2.45, 2.75) is 39.3 Å². The SMILES string of the molecule is CCC(C)C(C)N1CC(n2cc(C(=O)O)nn2)C1. The number of rotatable bonds is 5. The Labute approximate surface area is 107 Å². The maximum Gasteiger partial charge on any atom is 0.358 e. The first kappa shape index (κ1) is 13.0. The molecule has 1 aliphatic rings. The second-order valence-corrected chi connectivity index (χ2v) is 5.12. The van der Waals surface area contributed by atoms with E-state index in [1.807, 2.05) is 0 Å². The van der Waals surface area contributed by atoms with E-state index < -0.39 is 5.97 Å². The van der Waals surface area contributed by atoms with Gasteiger partial charge in [0.15, 0.2) is 5.69 Å². The van der Waals surface area contributed by atoms with Crippen molar-refractivity contribution in [2.75, 3.05) is 13.1 Å². The van der Waals surface area contributed by atoms with Gasteiger partial charge in [-0.05, 0) is 12.8 Å². The number of carboxylic acid groups (broad SMARTS) is 1. The molecule has 2 unspecified atom stereocenters. The Hall–Kier alpha value is -1.43. The van der Waals surface area contributed by atoms with Crippen molar-refractivity contribution in [3.63, 3.8) is 0 Å². The first-order valence-corrected chi connectivity index (χ1v) is 6.42. The third-order valence-corrected chi connectivity index (χ3v) is 4.04. The van der Waals surface area contributed by atoms with E-state index in [4.69, 9.17) is 5.11 Å². The van der Waals surface area contributed by atoms with Gasteiger partial charge in [0, 0.05) is 19.1 Å². The van der Waals surface area contributed by atoms with Crippen LogP contribution in [0.3, 0.4) is 0 Å². The molecular weight excluding hydrogens is 232 g/mol. The lowest BCUT2D eigenvalue weighted by atomic mass is 9.95. The summed E-state index contributed by atoms with van der Waals surface area (Å²) >= 11 is 0. The summed E-state index contributed by atoms with van der Waals surface area (Å²) in [6, 6.07) is 0.825. The zero-order valence-electron chi connectivity index (χ0n) is 11.1. The molecule has 0 aliphatic carbocycles. The zero-order chi connectivity index (χ0) is 13.3. The molecule has 1 aliphatic heterocycles. The standard InChI is InChI=1S/C12H20N4O2/c1-4-8(2)9(3)15-5-10(6-15)16-7-11(12(17)18)13-14-16/h7-10H,4-6H2,1-3H3,(H,17,18). The number of carboxylic acids is 1. The van der Waals surface area contributed by atoms with Crippen LogP contribution < -0.4 is 0 Å². The molecule has 2 heterocycles. The first-order valence-electron chi connectivity index (χ1n) is 6.42. The number of aromatic carboxylic acids is 1. The van der Waals surface area contributed by atoms with Gasteiger partial charge in [-0.2, -0.15) is 0 Å². The van der Waals surface area contributed by atoms with Crippen molar-refractivity contribution in [3.05, 3.63) is 11.9 Å². The normalized spacial score (nSPS) is 20.4. The fraction of sp³-hybridized carbons (Fsp3) is 0.750. The van der Waals surface area contributed by atoms with Crippen LogP contribution in [0.5, 0.6) is 0 Å². The van der Waals surface area contributed by atoms with Crippen LogP contribution in [0.4, 0.5) is 0 Å². The van der Waals surface area contributed by atoms with Crippen LogP contribution in [0.25, 0.3) is 0 Å². The lowest BCUT2D eigenvalue weighted by Crippen LogP contribution is -2.53. The zero-order valence-corrected chi connectivity index (χ0v) is 11.1. The number of hydrogen-bond donors (Lipinski definition) is 1. The van der Waals surface area contributed by atoms with Crippen LogP contribution in [-0.2, 0) is 0 Å². The Morgan fingerprint density at radius 3 is 2.72 bits per heavy atom. The molecule has 18 heavy (non-hydrogen) atoms. The van der Waals surface area contributed by atoms with Gasteiger partial charge in [-0.25, -0.2) is 9.48 Å². The summed E-state index contributed by atoms with van der Waals surface area (Å²) in [6.07, 6.45) is 2.69. The van der Waals surface area contributed by atoms with Crippen LogP contribution in [0.1, 0.15) is 43.7 Å². The molecule has 0 saturated carbocycles. The lowest BCUT2D eigenvalue weighted by molar-refractivity contribution is 0.0357. The molecule has 0 amide bonds. The van der Waals surface area contributed by atoms with E-state index in [2.05, 4.69) is 36.0 Å². The number of aromatic nitrogens is 3. The minimum absolute atomic E-state index is 0.0171. The van der Waals surface area contributed by atoms with Crippen molar-refractivity contribution in [1.82, 2.24) is 19.9 Å². The van der Waals surface area contributed by atoms with Crippen LogP contribution in [-0.4, -0.2) is 50.1 Å². The van der Waals surface area contributed by atoms with Crippen molar-refractivity contribution in [3.8, 4) is 0 Å². The van der Waals surface area contributed by atoms with Gasteiger partial charge in [-0.15, -0.1) is 5.10 Å². The first-order chi connectivity index (χ1) is 8.52. The highest BCUT2D eigenvalue weighted by Gasteiger charge is 2.34. The molecule has 0 aromatic carbocycles. The van der Waals surface area contributed by atoms with E-state index in [9.17, 15) is 4.79 Å². The van der Waals surface area contributed by atoms with Gasteiger partial charge in [0.2, 0.25) is 0 Å². The van der Waals surface area contributed by atoms with Gasteiger partial charge in [-0.3, -0.25) is 4.90 Å². The molecule has 1 saturated heterocycles. The predicted octanol–water partition coefficient (Wildman–Crippen LogP) is 1.27. The molecule has 6 nitrogen and oxygen atoms in total. The highest BCUT2D eigenvalue weighted by molar-refractivity contribution is 5.84. The van der Waals surface area contributed by atoms with E-state index in [-0.39, 0.29) is 11.7 Å². The highest BCUT2D eigenvalue weighted by atomic mass is 16.4. The molecule has 6 heteroatoms. The molecule has 100 valence electrons. The van der Waals surface area contributed by atoms with Crippen molar-refractivity contribution in [2.24, 2.45) is 5.92 Å². The van der Waals surface area contributed by atoms with Gasteiger partial charge in [-0.1, -0.05) is 25.5 Å². The summed E-state index contributed by atoms with van der Waals surface area (Å²) in [7, 11) is 0. The van der Waals surface area contributed by atoms with Crippen molar-refractivity contribution >= 4 is 5.97 Å². The summed E-state index contributed by atoms with van der Waals surface area (Å²) in [5, 5.41) is 16.3. The maximum absolute atomic E-state index is 10.7. The fourth-order valence-electron chi connectivity index (χ4n) is 2.24. The topological polar surface area (TPSA) is 71.2 Å². The predicted molar refractivity (Wildman–Crippen MR) is 66.5 cm³/mol. The van der Waals surface area contributed by atoms with E-state index in [1.165, 1.54) is 12.6 Å². The molecule has 2 atom stereocenters. The van der Waals surface area contributed by atoms with Crippen LogP contribution in [0, 0.1) is 5.92 Å². The van der Waals surface area contributed by atoms with Crippen LogP contribution >= 0.6 is 0 Å². The van der Waals surface area contributed by atoms with Gasteiger partial charge >= 0.3 is 5.97 Å². The van der Waals surface area contributed by atoms with Gasteiger partial charge in [0.25, 0.3) is 0 Å². The van der Waals surface area contributed by atoms with Gasteiger partial charge in [0.1, 0.15) is 0 Å². The van der Waals surface area contributed by atoms with Crippen LogP contribution in [0.15, 0.2) is 6.20 Å². The molecule has 1 aromatic heterocycles. The Kier molecular flexibility index (Phi) is 3.65. The molecule has 1 aromatic rings. The highest BCUT2D eigenvalue weighted by Crippen LogP contribution is 2.26. The largest absolute Gasteiger partial charge is 0.476 e. The van der Waals surface area contributed by atoms with E-state index in [0.29, 0.717) is 12.0 Å². The Morgan fingerprint density at radius 1 is 1.56 bits per heavy atom. The smallest absolute Gasteiger partial charge is 0.358 e. The van der Waals surface area contributed by atoms with E-state index in [1.54, 1.807) is 4.68 Å². The molecule has 0 bridgehead atoms. The minimum Gasteiger partial charge on any atom is -0.476 e. The maximum atomic E-state index is 10.7. The number of carbonyl (C=O) groups is 1. The second-order valence-electron chi connectivity index (χ2n) is 5.12. The second kappa shape index (κ2) is 5.06. The summed E-state index contributed by atoms with van der Waals surface area (Å²) in [6.45, 7) is 8.56. The summed E-state index contributed by atoms with van der Waals surface area (Å²) in [5.41, 5.74) is 0.0171. The summed E-state index contributed by atoms with van der Waals surface area (Å²) in [4.78, 5) is 13.1.